The van der Waals surface area contributed by atoms with Crippen molar-refractivity contribution in [3.8, 4) is 11.5 Å². The highest BCUT2D eigenvalue weighted by Crippen LogP contribution is 2.29. The fourth-order valence-electron chi connectivity index (χ4n) is 2.36. The van der Waals surface area contributed by atoms with E-state index in [0.29, 0.717) is 22.6 Å². The lowest BCUT2D eigenvalue weighted by molar-refractivity contribution is -0.134. The first kappa shape index (κ1) is 18.3. The van der Waals surface area contributed by atoms with Crippen LogP contribution in [-0.2, 0) is 9.53 Å². The molecule has 0 fully saturated rings. The van der Waals surface area contributed by atoms with Crippen LogP contribution in [0.4, 0.5) is 0 Å². The van der Waals surface area contributed by atoms with E-state index < -0.39 is 11.9 Å². The topological polar surface area (TPSA) is 61.8 Å². The maximum Gasteiger partial charge on any atom is 0.343 e. The normalized spacial score (nSPS) is 10.6. The SMILES string of the molecule is COC(=O)/C=C/c1ccc(OC(=O)c2cc(C)cc(C)c2)c(OC)c1. The van der Waals surface area contributed by atoms with Crippen LogP contribution in [0.5, 0.6) is 11.5 Å². The highest BCUT2D eigenvalue weighted by molar-refractivity contribution is 5.92. The van der Waals surface area contributed by atoms with Crippen molar-refractivity contribution in [3.63, 3.8) is 0 Å². The molecule has 0 aliphatic rings. The number of rotatable bonds is 5. The van der Waals surface area contributed by atoms with Gasteiger partial charge in [-0.05, 0) is 49.8 Å². The molecule has 0 saturated carbocycles. The molecule has 2 aromatic rings. The second-order valence-corrected chi connectivity index (χ2v) is 5.53. The Hall–Kier alpha value is -3.08. The molecule has 25 heavy (non-hydrogen) atoms. The number of methoxy groups -OCH3 is 2. The predicted molar refractivity (Wildman–Crippen MR) is 94.9 cm³/mol. The van der Waals surface area contributed by atoms with Crippen LogP contribution in [0.2, 0.25) is 0 Å². The van der Waals surface area contributed by atoms with Gasteiger partial charge in [-0.15, -0.1) is 0 Å². The molecule has 5 nitrogen and oxygen atoms in total. The fraction of sp³-hybridized carbons (Fsp3) is 0.200. The summed E-state index contributed by atoms with van der Waals surface area (Å²) in [5.74, 6) is -0.209. The van der Waals surface area contributed by atoms with Gasteiger partial charge in [-0.3, -0.25) is 0 Å². The first-order chi connectivity index (χ1) is 11.9. The molecule has 5 heteroatoms. The molecule has 0 atom stereocenters. The largest absolute Gasteiger partial charge is 0.493 e. The summed E-state index contributed by atoms with van der Waals surface area (Å²) in [4.78, 5) is 23.5. The van der Waals surface area contributed by atoms with E-state index >= 15 is 0 Å². The van der Waals surface area contributed by atoms with Gasteiger partial charge in [0.1, 0.15) is 0 Å². The van der Waals surface area contributed by atoms with Crippen LogP contribution >= 0.6 is 0 Å². The van der Waals surface area contributed by atoms with Gasteiger partial charge in [0.25, 0.3) is 0 Å². The van der Waals surface area contributed by atoms with Crippen LogP contribution in [0.25, 0.3) is 6.08 Å². The van der Waals surface area contributed by atoms with Crippen molar-refractivity contribution < 1.29 is 23.8 Å². The summed E-state index contributed by atoms with van der Waals surface area (Å²) in [6.45, 7) is 3.85. The summed E-state index contributed by atoms with van der Waals surface area (Å²) >= 11 is 0. The molecule has 0 bridgehead atoms. The summed E-state index contributed by atoms with van der Waals surface area (Å²) in [7, 11) is 2.79. The minimum atomic E-state index is -0.456. The molecule has 2 rings (SSSR count). The highest BCUT2D eigenvalue weighted by atomic mass is 16.6. The standard InChI is InChI=1S/C20H20O5/c1-13-9-14(2)11-16(10-13)20(22)25-17-7-5-15(12-18(17)23-3)6-8-19(21)24-4/h5-12H,1-4H3/b8-6+. The lowest BCUT2D eigenvalue weighted by atomic mass is 10.1. The molecule has 0 heterocycles. The van der Waals surface area contributed by atoms with Crippen LogP contribution in [-0.4, -0.2) is 26.2 Å². The van der Waals surface area contributed by atoms with Crippen LogP contribution < -0.4 is 9.47 Å². The summed E-state index contributed by atoms with van der Waals surface area (Å²) in [5.41, 5.74) is 3.17. The summed E-state index contributed by atoms with van der Waals surface area (Å²) < 4.78 is 15.3. The average molecular weight is 340 g/mol. The van der Waals surface area contributed by atoms with Gasteiger partial charge in [0.2, 0.25) is 0 Å². The van der Waals surface area contributed by atoms with E-state index in [4.69, 9.17) is 9.47 Å². The maximum absolute atomic E-state index is 12.4. The number of carbonyl (C=O) groups excluding carboxylic acids is 2. The van der Waals surface area contributed by atoms with E-state index in [1.54, 1.807) is 36.4 Å². The Morgan fingerprint density at radius 1 is 0.920 bits per heavy atom. The average Bonchev–Trinajstić information content (AvgIpc) is 2.59. The van der Waals surface area contributed by atoms with Gasteiger partial charge in [0.15, 0.2) is 11.5 Å². The van der Waals surface area contributed by atoms with Crippen molar-refractivity contribution in [3.05, 3.63) is 64.7 Å². The number of carbonyl (C=O) groups is 2. The van der Waals surface area contributed by atoms with Crippen LogP contribution in [0.15, 0.2) is 42.5 Å². The lowest BCUT2D eigenvalue weighted by Gasteiger charge is -2.11. The number of ether oxygens (including phenoxy) is 3. The van der Waals surface area contributed by atoms with E-state index in [1.807, 2.05) is 19.9 Å². The quantitative estimate of drug-likeness (QED) is 0.472. The predicted octanol–water partition coefficient (Wildman–Crippen LogP) is 3.72. The zero-order valence-electron chi connectivity index (χ0n) is 14.7. The van der Waals surface area contributed by atoms with Gasteiger partial charge in [0.05, 0.1) is 19.8 Å². The molecule has 0 aromatic heterocycles. The Kier molecular flexibility index (Phi) is 5.95. The minimum absolute atomic E-state index is 0.307. The molecule has 0 saturated heterocycles. The third kappa shape index (κ3) is 4.94. The monoisotopic (exact) mass is 340 g/mol. The molecule has 0 aliphatic carbocycles. The van der Waals surface area contributed by atoms with Gasteiger partial charge < -0.3 is 14.2 Å². The fourth-order valence-corrected chi connectivity index (χ4v) is 2.36. The minimum Gasteiger partial charge on any atom is -0.493 e. The van der Waals surface area contributed by atoms with Crippen LogP contribution in [0.1, 0.15) is 27.0 Å². The second kappa shape index (κ2) is 8.15. The molecule has 0 amide bonds. The molecule has 0 radical (unpaired) electrons. The van der Waals surface area contributed by atoms with E-state index in [0.717, 1.165) is 11.1 Å². The Morgan fingerprint density at radius 2 is 1.60 bits per heavy atom. The lowest BCUT2D eigenvalue weighted by Crippen LogP contribution is -2.10. The molecular formula is C20H20O5. The smallest absolute Gasteiger partial charge is 0.343 e. The van der Waals surface area contributed by atoms with E-state index in [-0.39, 0.29) is 0 Å². The van der Waals surface area contributed by atoms with E-state index in [9.17, 15) is 9.59 Å². The molecule has 0 aliphatic heterocycles. The molecule has 2 aromatic carbocycles. The third-order valence-corrected chi connectivity index (χ3v) is 3.46. The van der Waals surface area contributed by atoms with Gasteiger partial charge >= 0.3 is 11.9 Å². The molecule has 0 N–H and O–H groups in total. The van der Waals surface area contributed by atoms with Gasteiger partial charge in [-0.25, -0.2) is 9.59 Å². The number of hydrogen-bond acceptors (Lipinski definition) is 5. The van der Waals surface area contributed by atoms with E-state index in [1.165, 1.54) is 20.3 Å². The van der Waals surface area contributed by atoms with Crippen LogP contribution in [0.3, 0.4) is 0 Å². The Bertz CT molecular complexity index is 801. The van der Waals surface area contributed by atoms with E-state index in [2.05, 4.69) is 4.74 Å². The number of aryl methyl sites for hydroxylation is 2. The van der Waals surface area contributed by atoms with Crippen molar-refractivity contribution in [1.82, 2.24) is 0 Å². The molecule has 130 valence electrons. The zero-order chi connectivity index (χ0) is 18.4. The third-order valence-electron chi connectivity index (χ3n) is 3.46. The van der Waals surface area contributed by atoms with Crippen molar-refractivity contribution >= 4 is 18.0 Å². The molecule has 0 unspecified atom stereocenters. The Morgan fingerprint density at radius 3 is 2.20 bits per heavy atom. The summed E-state index contributed by atoms with van der Waals surface area (Å²) in [6.07, 6.45) is 2.89. The van der Waals surface area contributed by atoms with Crippen LogP contribution in [0, 0.1) is 13.8 Å². The zero-order valence-corrected chi connectivity index (χ0v) is 14.7. The van der Waals surface area contributed by atoms with Crippen molar-refractivity contribution in [2.24, 2.45) is 0 Å². The molecular weight excluding hydrogens is 320 g/mol. The number of hydrogen-bond donors (Lipinski definition) is 0. The number of esters is 2. The molecule has 0 spiro atoms. The van der Waals surface area contributed by atoms with Crippen molar-refractivity contribution in [1.29, 1.82) is 0 Å². The van der Waals surface area contributed by atoms with Crippen molar-refractivity contribution in [2.75, 3.05) is 14.2 Å². The van der Waals surface area contributed by atoms with Crippen molar-refractivity contribution in [2.45, 2.75) is 13.8 Å². The van der Waals surface area contributed by atoms with Gasteiger partial charge in [0, 0.05) is 6.08 Å². The van der Waals surface area contributed by atoms with Gasteiger partial charge in [-0.1, -0.05) is 23.3 Å². The first-order valence-electron chi connectivity index (χ1n) is 7.67. The number of benzene rings is 2. The highest BCUT2D eigenvalue weighted by Gasteiger charge is 2.13. The van der Waals surface area contributed by atoms with Gasteiger partial charge in [-0.2, -0.15) is 0 Å². The summed E-state index contributed by atoms with van der Waals surface area (Å²) in [6, 6.07) is 10.5. The Balaban J connectivity index is 2.22. The maximum atomic E-state index is 12.4. The first-order valence-corrected chi connectivity index (χ1v) is 7.67. The Labute approximate surface area is 146 Å². The second-order valence-electron chi connectivity index (χ2n) is 5.53. The summed E-state index contributed by atoms with van der Waals surface area (Å²) in [5, 5.41) is 0.